The summed E-state index contributed by atoms with van der Waals surface area (Å²) in [7, 11) is 0. The van der Waals surface area contributed by atoms with E-state index in [1.807, 2.05) is 0 Å². The molecule has 0 aliphatic heterocycles. The summed E-state index contributed by atoms with van der Waals surface area (Å²) in [5.74, 6) is 0. The number of rotatable bonds is 0. The van der Waals surface area contributed by atoms with E-state index >= 15 is 0 Å². The zero-order valence-electron chi connectivity index (χ0n) is 19.3. The van der Waals surface area contributed by atoms with Crippen LogP contribution in [-0.4, -0.2) is 103 Å². The second-order valence-electron chi connectivity index (χ2n) is 6.47. The van der Waals surface area contributed by atoms with Gasteiger partial charge >= 0.3 is 45.5 Å². The Labute approximate surface area is 219 Å². The minimum atomic E-state index is -0.417. The fourth-order valence-electron chi connectivity index (χ4n) is 0. The van der Waals surface area contributed by atoms with Crippen molar-refractivity contribution in [2.45, 2.75) is 120 Å². The maximum atomic E-state index is 9.53. The average molecular weight is 537 g/mol. The molecular weight excluding hydrogens is 491 g/mol. The summed E-state index contributed by atoms with van der Waals surface area (Å²) in [6.07, 6.45) is -1.50. The Kier molecular flexibility index (Phi) is 89.8. The quantitative estimate of drug-likeness (QED) is 0.337. The molecule has 160 valence electrons. The summed E-state index contributed by atoms with van der Waals surface area (Å²) in [4.78, 5) is 0. The average Bonchev–Trinajstić information content (AvgIpc) is 2.08. The van der Waals surface area contributed by atoms with Crippen LogP contribution in [0, 0.1) is 0 Å². The molecule has 0 spiro atoms. The second-order valence-corrected chi connectivity index (χ2v) is 6.47. The van der Waals surface area contributed by atoms with E-state index in [2.05, 4.69) is 0 Å². The van der Waals surface area contributed by atoms with Crippen molar-refractivity contribution in [2.24, 2.45) is 0 Å². The Morgan fingerprint density at radius 1 is 0.423 bits per heavy atom. The molecule has 0 heterocycles. The molecule has 0 bridgehead atoms. The van der Waals surface area contributed by atoms with Crippen molar-refractivity contribution in [2.75, 3.05) is 0 Å². The SMILES string of the molecule is CC(C)O.CC(C)O.CC(C)O.CC(C)O.CC(C)[O-].CC(C)[O-].[Sr+2].[Zr]. The second kappa shape index (κ2) is 45.7. The van der Waals surface area contributed by atoms with Crippen LogP contribution in [0.4, 0.5) is 0 Å². The minimum Gasteiger partial charge on any atom is -0.852 e. The number of aliphatic hydroxyl groups is 4. The van der Waals surface area contributed by atoms with E-state index in [9.17, 15) is 10.2 Å². The molecule has 0 aromatic heterocycles. The minimum absolute atomic E-state index is 0. The van der Waals surface area contributed by atoms with Crippen LogP contribution in [0.5, 0.6) is 0 Å². The summed E-state index contributed by atoms with van der Waals surface area (Å²) < 4.78 is 0. The fraction of sp³-hybridized carbons (Fsp3) is 1.00. The van der Waals surface area contributed by atoms with Crippen LogP contribution < -0.4 is 10.2 Å². The summed E-state index contributed by atoms with van der Waals surface area (Å²) in [5.41, 5.74) is 0. The molecule has 4 N–H and O–H groups in total. The van der Waals surface area contributed by atoms with E-state index in [0.717, 1.165) is 0 Å². The first kappa shape index (κ1) is 51.1. The van der Waals surface area contributed by atoms with Crippen molar-refractivity contribution >= 4 is 45.5 Å². The van der Waals surface area contributed by atoms with Crippen molar-refractivity contribution in [1.82, 2.24) is 0 Å². The molecule has 0 radical (unpaired) electrons. The van der Waals surface area contributed by atoms with Gasteiger partial charge in [0.1, 0.15) is 0 Å². The molecule has 0 fully saturated rings. The first-order valence-corrected chi connectivity index (χ1v) is 8.43. The summed E-state index contributed by atoms with van der Waals surface area (Å²) in [5, 5.41) is 51.3. The van der Waals surface area contributed by atoms with Gasteiger partial charge in [0.15, 0.2) is 0 Å². The monoisotopic (exact) mass is 536 g/mol. The largest absolute Gasteiger partial charge is 2.00 e. The van der Waals surface area contributed by atoms with Gasteiger partial charge in [-0.15, -0.1) is 12.2 Å². The Balaban J connectivity index is -0.0000000245. The zero-order valence-corrected chi connectivity index (χ0v) is 25.2. The van der Waals surface area contributed by atoms with E-state index in [1.165, 1.54) is 0 Å². The molecule has 26 heavy (non-hydrogen) atoms. The van der Waals surface area contributed by atoms with Crippen molar-refractivity contribution in [3.8, 4) is 0 Å². The fourth-order valence-corrected chi connectivity index (χ4v) is 0. The third kappa shape index (κ3) is 3660. The van der Waals surface area contributed by atoms with E-state index < -0.39 is 12.2 Å². The van der Waals surface area contributed by atoms with Crippen LogP contribution in [0.25, 0.3) is 0 Å². The summed E-state index contributed by atoms with van der Waals surface area (Å²) >= 11 is 0. The smallest absolute Gasteiger partial charge is 0.852 e. The van der Waals surface area contributed by atoms with Crippen LogP contribution in [0.15, 0.2) is 0 Å². The van der Waals surface area contributed by atoms with Crippen LogP contribution in [0.3, 0.4) is 0 Å². The maximum absolute atomic E-state index is 9.53. The molecule has 0 unspecified atom stereocenters. The van der Waals surface area contributed by atoms with E-state index in [4.69, 9.17) is 20.4 Å². The van der Waals surface area contributed by atoms with Crippen molar-refractivity contribution < 1.29 is 56.8 Å². The molecule has 0 aromatic rings. The van der Waals surface area contributed by atoms with Crippen molar-refractivity contribution in [3.05, 3.63) is 0 Å². The van der Waals surface area contributed by atoms with Gasteiger partial charge < -0.3 is 30.6 Å². The molecule has 0 saturated carbocycles. The molecule has 0 saturated heterocycles. The first-order chi connectivity index (χ1) is 10.4. The van der Waals surface area contributed by atoms with Gasteiger partial charge in [-0.3, -0.25) is 0 Å². The molecule has 0 aliphatic rings. The van der Waals surface area contributed by atoms with Crippen LogP contribution >= 0.6 is 0 Å². The van der Waals surface area contributed by atoms with Crippen LogP contribution in [0.2, 0.25) is 0 Å². The Morgan fingerprint density at radius 2 is 0.423 bits per heavy atom. The van der Waals surface area contributed by atoms with Gasteiger partial charge in [0, 0.05) is 50.6 Å². The van der Waals surface area contributed by atoms with E-state index in [0.29, 0.717) is 0 Å². The zero-order chi connectivity index (χ0) is 21.5. The molecular formula is C18H46O6SrZr. The van der Waals surface area contributed by atoms with Gasteiger partial charge in [-0.1, -0.05) is 27.7 Å². The first-order valence-electron chi connectivity index (χ1n) is 8.43. The van der Waals surface area contributed by atoms with Gasteiger partial charge in [0.2, 0.25) is 0 Å². The van der Waals surface area contributed by atoms with Crippen molar-refractivity contribution in [3.63, 3.8) is 0 Å². The topological polar surface area (TPSA) is 127 Å². The Morgan fingerprint density at radius 3 is 0.423 bits per heavy atom. The van der Waals surface area contributed by atoms with Gasteiger partial charge in [-0.2, -0.15) is 0 Å². The number of hydrogen-bond donors (Lipinski definition) is 4. The third-order valence-corrected chi connectivity index (χ3v) is 0. The Bertz CT molecular complexity index is 107. The number of aliphatic hydroxyl groups excluding tert-OH is 4. The summed E-state index contributed by atoms with van der Waals surface area (Å²) in [6, 6.07) is 0. The predicted molar refractivity (Wildman–Crippen MR) is 105 cm³/mol. The van der Waals surface area contributed by atoms with E-state index in [-0.39, 0.29) is 96.1 Å². The van der Waals surface area contributed by atoms with Crippen LogP contribution in [-0.2, 0) is 26.2 Å². The standard InChI is InChI=1S/4C3H8O.2C3H7O.Sr.Zr/c6*1-3(2)4;;/h4*3-4H,1-2H3;2*3H,1-2H3;;/q;;;;2*-1;+2;. The Hall–Kier alpha value is 2.12. The molecule has 0 atom stereocenters. The van der Waals surface area contributed by atoms with Crippen molar-refractivity contribution in [1.29, 1.82) is 0 Å². The number of hydrogen-bond acceptors (Lipinski definition) is 6. The van der Waals surface area contributed by atoms with Gasteiger partial charge in [-0.05, 0) is 55.4 Å². The molecule has 0 aromatic carbocycles. The van der Waals surface area contributed by atoms with E-state index in [1.54, 1.807) is 83.1 Å². The molecule has 6 nitrogen and oxygen atoms in total. The molecule has 0 aliphatic carbocycles. The van der Waals surface area contributed by atoms with Gasteiger partial charge in [0.05, 0.1) is 0 Å². The van der Waals surface area contributed by atoms with Gasteiger partial charge in [-0.25, -0.2) is 0 Å². The van der Waals surface area contributed by atoms with Crippen LogP contribution in [0.1, 0.15) is 83.1 Å². The molecule has 0 amide bonds. The molecule has 0 rings (SSSR count). The van der Waals surface area contributed by atoms with Gasteiger partial charge in [0.25, 0.3) is 0 Å². The summed E-state index contributed by atoms with van der Waals surface area (Å²) in [6.45, 7) is 20.2. The predicted octanol–water partition coefficient (Wildman–Crippen LogP) is 0.675. The molecule has 8 heteroatoms. The maximum Gasteiger partial charge on any atom is 2.00 e. The normalized spacial score (nSPS) is 8.31. The third-order valence-electron chi connectivity index (χ3n) is 0.